The Kier molecular flexibility index (Phi) is 6.14. The van der Waals surface area contributed by atoms with E-state index in [0.717, 1.165) is 18.6 Å². The number of hydrogen-bond donors (Lipinski definition) is 0. The van der Waals surface area contributed by atoms with Crippen molar-refractivity contribution in [2.24, 2.45) is 0 Å². The normalized spacial score (nSPS) is 13.4. The third kappa shape index (κ3) is 5.25. The van der Waals surface area contributed by atoms with E-state index in [-0.39, 0.29) is 11.1 Å². The van der Waals surface area contributed by atoms with Crippen molar-refractivity contribution in [1.82, 2.24) is 14.8 Å². The van der Waals surface area contributed by atoms with E-state index in [1.54, 1.807) is 11.0 Å². The lowest BCUT2D eigenvalue weighted by Gasteiger charge is -2.36. The van der Waals surface area contributed by atoms with Gasteiger partial charge in [0, 0.05) is 13.0 Å². The first-order valence-corrected chi connectivity index (χ1v) is 11.6. The molecule has 0 radical (unpaired) electrons. The SMILES string of the molecule is CC(C)(C)[Si](C)(C)OCCc1cccc(CC(C#N)n2cncn2)c1. The first-order chi connectivity index (χ1) is 11.7. The van der Waals surface area contributed by atoms with Crippen LogP contribution >= 0.6 is 0 Å². The minimum absolute atomic E-state index is 0.229. The lowest BCUT2D eigenvalue weighted by Crippen LogP contribution is -2.41. The molecule has 1 atom stereocenters. The molecule has 2 aromatic rings. The van der Waals surface area contributed by atoms with Gasteiger partial charge in [0.1, 0.15) is 18.7 Å². The van der Waals surface area contributed by atoms with Crippen LogP contribution in [0.4, 0.5) is 0 Å². The summed E-state index contributed by atoms with van der Waals surface area (Å²) in [5, 5.41) is 13.7. The van der Waals surface area contributed by atoms with Gasteiger partial charge >= 0.3 is 0 Å². The van der Waals surface area contributed by atoms with Crippen LogP contribution in [0.15, 0.2) is 36.9 Å². The molecule has 0 saturated heterocycles. The maximum absolute atomic E-state index is 9.38. The standard InChI is InChI=1S/C19H28N4OSi/c1-19(2,3)25(4,5)24-10-9-16-7-6-8-17(11-16)12-18(13-20)23-15-21-14-22-23/h6-8,11,14-15,18H,9-10,12H2,1-5H3. The van der Waals surface area contributed by atoms with Crippen LogP contribution in [0.2, 0.25) is 18.1 Å². The highest BCUT2D eigenvalue weighted by Crippen LogP contribution is 2.36. The number of rotatable bonds is 7. The first kappa shape index (κ1) is 19.4. The van der Waals surface area contributed by atoms with Crippen molar-refractivity contribution in [3.63, 3.8) is 0 Å². The van der Waals surface area contributed by atoms with E-state index in [0.29, 0.717) is 6.42 Å². The molecule has 0 aliphatic heterocycles. The highest BCUT2D eigenvalue weighted by Gasteiger charge is 2.36. The minimum atomic E-state index is -1.70. The summed E-state index contributed by atoms with van der Waals surface area (Å²) < 4.78 is 7.87. The van der Waals surface area contributed by atoms with Gasteiger partial charge in [-0.1, -0.05) is 45.0 Å². The van der Waals surface area contributed by atoms with Crippen molar-refractivity contribution in [3.05, 3.63) is 48.0 Å². The van der Waals surface area contributed by atoms with Crippen molar-refractivity contribution in [1.29, 1.82) is 5.26 Å². The molecule has 0 N–H and O–H groups in total. The Balaban J connectivity index is 1.96. The zero-order valence-corrected chi connectivity index (χ0v) is 16.9. The molecule has 1 heterocycles. The Labute approximate surface area is 151 Å². The van der Waals surface area contributed by atoms with Crippen molar-refractivity contribution < 1.29 is 4.43 Å². The van der Waals surface area contributed by atoms with Crippen LogP contribution in [0.5, 0.6) is 0 Å². The van der Waals surface area contributed by atoms with E-state index < -0.39 is 8.32 Å². The van der Waals surface area contributed by atoms with Gasteiger partial charge in [0.25, 0.3) is 0 Å². The molecule has 1 aromatic carbocycles. The average Bonchev–Trinajstić information content (AvgIpc) is 3.06. The summed E-state index contributed by atoms with van der Waals surface area (Å²) in [6, 6.07) is 10.3. The third-order valence-electron chi connectivity index (χ3n) is 4.99. The minimum Gasteiger partial charge on any atom is -0.416 e. The molecular formula is C19H28N4OSi. The number of nitriles is 1. The fourth-order valence-corrected chi connectivity index (χ4v) is 3.40. The summed E-state index contributed by atoms with van der Waals surface area (Å²) in [5.41, 5.74) is 2.37. The van der Waals surface area contributed by atoms with Crippen LogP contribution in [0.1, 0.15) is 37.9 Å². The Hall–Kier alpha value is -1.97. The van der Waals surface area contributed by atoms with Crippen molar-refractivity contribution in [2.45, 2.75) is 57.8 Å². The van der Waals surface area contributed by atoms with Crippen LogP contribution in [0, 0.1) is 11.3 Å². The van der Waals surface area contributed by atoms with Crippen LogP contribution in [0.25, 0.3) is 0 Å². The zero-order chi connectivity index (χ0) is 18.5. The Bertz CT molecular complexity index is 714. The van der Waals surface area contributed by atoms with E-state index in [9.17, 15) is 5.26 Å². The van der Waals surface area contributed by atoms with Gasteiger partial charge in [0.15, 0.2) is 8.32 Å². The van der Waals surface area contributed by atoms with Gasteiger partial charge in [-0.25, -0.2) is 9.67 Å². The molecule has 25 heavy (non-hydrogen) atoms. The van der Waals surface area contributed by atoms with Gasteiger partial charge in [-0.3, -0.25) is 0 Å². The topological polar surface area (TPSA) is 63.7 Å². The number of hydrogen-bond acceptors (Lipinski definition) is 4. The second kappa shape index (κ2) is 7.94. The predicted octanol–water partition coefficient (Wildman–Crippen LogP) is 4.15. The third-order valence-corrected chi connectivity index (χ3v) is 9.52. The quantitative estimate of drug-likeness (QED) is 0.699. The lowest BCUT2D eigenvalue weighted by atomic mass is 10.0. The van der Waals surface area contributed by atoms with E-state index in [1.807, 2.05) is 6.07 Å². The van der Waals surface area contributed by atoms with Crippen LogP contribution in [0.3, 0.4) is 0 Å². The Morgan fingerprint density at radius 3 is 2.60 bits per heavy atom. The fourth-order valence-electron chi connectivity index (χ4n) is 2.35. The molecule has 1 aromatic heterocycles. The zero-order valence-electron chi connectivity index (χ0n) is 15.9. The summed E-state index contributed by atoms with van der Waals surface area (Å²) in [4.78, 5) is 3.92. The molecule has 0 fully saturated rings. The van der Waals surface area contributed by atoms with E-state index in [2.05, 4.69) is 68.2 Å². The van der Waals surface area contributed by atoms with Crippen molar-refractivity contribution >= 4 is 8.32 Å². The Morgan fingerprint density at radius 1 is 1.28 bits per heavy atom. The lowest BCUT2D eigenvalue weighted by molar-refractivity contribution is 0.292. The number of aromatic nitrogens is 3. The highest BCUT2D eigenvalue weighted by atomic mass is 28.4. The molecule has 0 aliphatic rings. The molecule has 5 nitrogen and oxygen atoms in total. The van der Waals surface area contributed by atoms with E-state index >= 15 is 0 Å². The molecule has 6 heteroatoms. The summed E-state index contributed by atoms with van der Waals surface area (Å²) >= 11 is 0. The van der Waals surface area contributed by atoms with Crippen LogP contribution in [-0.4, -0.2) is 29.7 Å². The van der Waals surface area contributed by atoms with Gasteiger partial charge < -0.3 is 4.43 Å². The van der Waals surface area contributed by atoms with Gasteiger partial charge in [-0.15, -0.1) is 0 Å². The largest absolute Gasteiger partial charge is 0.416 e. The summed E-state index contributed by atoms with van der Waals surface area (Å²) in [5.74, 6) is 0. The van der Waals surface area contributed by atoms with E-state index in [1.165, 1.54) is 11.9 Å². The number of benzene rings is 1. The summed E-state index contributed by atoms with van der Waals surface area (Å²) in [6.45, 7) is 12.1. The second-order valence-corrected chi connectivity index (χ2v) is 12.7. The van der Waals surface area contributed by atoms with Gasteiger partial charge in [0.05, 0.1) is 6.07 Å². The molecule has 0 saturated carbocycles. The maximum Gasteiger partial charge on any atom is 0.191 e. The molecule has 1 unspecified atom stereocenters. The molecular weight excluding hydrogens is 328 g/mol. The summed E-state index contributed by atoms with van der Waals surface area (Å²) in [7, 11) is -1.70. The molecule has 134 valence electrons. The second-order valence-electron chi connectivity index (χ2n) is 7.90. The molecule has 2 rings (SSSR count). The van der Waals surface area contributed by atoms with Crippen LogP contribution < -0.4 is 0 Å². The van der Waals surface area contributed by atoms with Crippen molar-refractivity contribution in [2.75, 3.05) is 6.61 Å². The molecule has 0 aliphatic carbocycles. The molecule has 0 bridgehead atoms. The smallest absolute Gasteiger partial charge is 0.191 e. The monoisotopic (exact) mass is 356 g/mol. The van der Waals surface area contributed by atoms with Crippen molar-refractivity contribution in [3.8, 4) is 6.07 Å². The van der Waals surface area contributed by atoms with Gasteiger partial charge in [-0.05, 0) is 35.7 Å². The fraction of sp³-hybridized carbons (Fsp3) is 0.526. The number of nitrogens with zero attached hydrogens (tertiary/aromatic N) is 4. The van der Waals surface area contributed by atoms with Gasteiger partial charge in [-0.2, -0.15) is 10.4 Å². The molecule has 0 spiro atoms. The average molecular weight is 357 g/mol. The molecule has 0 amide bonds. The highest BCUT2D eigenvalue weighted by molar-refractivity contribution is 6.74. The van der Waals surface area contributed by atoms with Crippen LogP contribution in [-0.2, 0) is 17.3 Å². The predicted molar refractivity (Wildman–Crippen MR) is 102 cm³/mol. The summed E-state index contributed by atoms with van der Waals surface area (Å²) in [6.07, 6.45) is 4.56. The van der Waals surface area contributed by atoms with E-state index in [4.69, 9.17) is 4.43 Å². The Morgan fingerprint density at radius 2 is 2.00 bits per heavy atom. The van der Waals surface area contributed by atoms with Gasteiger partial charge in [0.2, 0.25) is 0 Å². The maximum atomic E-state index is 9.38. The first-order valence-electron chi connectivity index (χ1n) is 8.68.